The molecule has 0 bridgehead atoms. The summed E-state index contributed by atoms with van der Waals surface area (Å²) >= 11 is 0. The van der Waals surface area contributed by atoms with Gasteiger partial charge in [-0.25, -0.2) is 4.98 Å². The van der Waals surface area contributed by atoms with E-state index in [4.69, 9.17) is 0 Å². The van der Waals surface area contributed by atoms with Crippen LogP contribution in [0.15, 0.2) is 42.7 Å². The monoisotopic (exact) mass is 347 g/mol. The Hall–Kier alpha value is -2.83. The van der Waals surface area contributed by atoms with Gasteiger partial charge in [-0.3, -0.25) is 4.79 Å². The lowest BCUT2D eigenvalue weighted by Crippen LogP contribution is -2.21. The number of anilines is 1. The maximum Gasteiger partial charge on any atom is 0.397 e. The summed E-state index contributed by atoms with van der Waals surface area (Å²) in [5.74, 6) is -1.08. The molecular weight excluding hydrogens is 331 g/mol. The van der Waals surface area contributed by atoms with Gasteiger partial charge in [0.25, 0.3) is 0 Å². The summed E-state index contributed by atoms with van der Waals surface area (Å²) < 4.78 is 38.9. The van der Waals surface area contributed by atoms with E-state index in [1.54, 1.807) is 19.1 Å². The van der Waals surface area contributed by atoms with Crippen molar-refractivity contribution in [3.63, 3.8) is 0 Å². The van der Waals surface area contributed by atoms with Crippen molar-refractivity contribution in [2.45, 2.75) is 26.4 Å². The van der Waals surface area contributed by atoms with E-state index in [1.807, 2.05) is 41.9 Å². The highest BCUT2D eigenvalue weighted by molar-refractivity contribution is 5.92. The molecule has 0 spiro atoms. The number of hydrogen-bond donors (Lipinski definition) is 1. The number of pyridine rings is 1. The highest BCUT2D eigenvalue weighted by atomic mass is 19.4. The van der Waals surface area contributed by atoms with E-state index in [1.165, 1.54) is 0 Å². The highest BCUT2D eigenvalue weighted by Gasteiger charge is 2.31. The Morgan fingerprint density at radius 2 is 1.96 bits per heavy atom. The second-order valence-corrected chi connectivity index (χ2v) is 5.97. The molecule has 0 fully saturated rings. The Kier molecular flexibility index (Phi) is 4.24. The van der Waals surface area contributed by atoms with Crippen LogP contribution >= 0.6 is 0 Å². The molecule has 3 rings (SSSR count). The minimum Gasteiger partial charge on any atom is -0.326 e. The molecule has 2 aromatic heterocycles. The van der Waals surface area contributed by atoms with Crippen LogP contribution in [-0.2, 0) is 4.79 Å². The molecule has 0 saturated heterocycles. The molecule has 2 heterocycles. The highest BCUT2D eigenvalue weighted by Crippen LogP contribution is 2.27. The van der Waals surface area contributed by atoms with Gasteiger partial charge in [-0.2, -0.15) is 13.2 Å². The third-order valence-corrected chi connectivity index (χ3v) is 3.78. The van der Waals surface area contributed by atoms with Crippen molar-refractivity contribution in [1.29, 1.82) is 0 Å². The van der Waals surface area contributed by atoms with Crippen molar-refractivity contribution in [2.75, 3.05) is 5.32 Å². The number of halogens is 3. The van der Waals surface area contributed by atoms with Gasteiger partial charge in [-0.05, 0) is 43.2 Å². The Morgan fingerprint density at radius 1 is 1.20 bits per heavy atom. The van der Waals surface area contributed by atoms with Crippen LogP contribution < -0.4 is 5.32 Å². The summed E-state index contributed by atoms with van der Waals surface area (Å²) in [5, 5.41) is 2.33. The summed E-state index contributed by atoms with van der Waals surface area (Å²) in [6.45, 7) is 3.69. The number of imidazole rings is 1. The maximum atomic E-state index is 12.3. The van der Waals surface area contributed by atoms with Gasteiger partial charge in [0.05, 0.1) is 5.69 Å². The van der Waals surface area contributed by atoms with E-state index < -0.39 is 18.5 Å². The van der Waals surface area contributed by atoms with Crippen LogP contribution in [-0.4, -0.2) is 21.5 Å². The first-order valence-corrected chi connectivity index (χ1v) is 7.64. The number of benzene rings is 1. The number of fused-ring (bicyclic) bond motifs is 1. The van der Waals surface area contributed by atoms with E-state index in [0.717, 1.165) is 11.2 Å². The molecule has 0 atom stereocenters. The molecule has 1 N–H and O–H groups in total. The first-order chi connectivity index (χ1) is 11.7. The second kappa shape index (κ2) is 6.23. The normalized spacial score (nSPS) is 11.7. The molecular formula is C18H16F3N3O. The van der Waals surface area contributed by atoms with Gasteiger partial charge < -0.3 is 9.72 Å². The topological polar surface area (TPSA) is 46.4 Å². The van der Waals surface area contributed by atoms with Crippen LogP contribution in [0.4, 0.5) is 18.9 Å². The van der Waals surface area contributed by atoms with Crippen molar-refractivity contribution in [2.24, 2.45) is 0 Å². The lowest BCUT2D eigenvalue weighted by atomic mass is 10.1. The molecule has 0 aliphatic heterocycles. The molecule has 25 heavy (non-hydrogen) atoms. The largest absolute Gasteiger partial charge is 0.397 e. The van der Waals surface area contributed by atoms with Gasteiger partial charge in [0, 0.05) is 23.6 Å². The second-order valence-electron chi connectivity index (χ2n) is 5.97. The van der Waals surface area contributed by atoms with E-state index in [0.29, 0.717) is 22.5 Å². The summed E-state index contributed by atoms with van der Waals surface area (Å²) in [6, 6.07) is 9.09. The molecule has 130 valence electrons. The summed E-state index contributed by atoms with van der Waals surface area (Å²) in [4.78, 5) is 16.1. The van der Waals surface area contributed by atoms with Crippen molar-refractivity contribution < 1.29 is 18.0 Å². The Labute approximate surface area is 142 Å². The first-order valence-electron chi connectivity index (χ1n) is 7.64. The predicted molar refractivity (Wildman–Crippen MR) is 89.4 cm³/mol. The molecule has 7 heteroatoms. The predicted octanol–water partition coefficient (Wildman–Crippen LogP) is 4.51. The molecule has 0 radical (unpaired) electrons. The lowest BCUT2D eigenvalue weighted by Gasteiger charge is -2.11. The van der Waals surface area contributed by atoms with Gasteiger partial charge in [0.1, 0.15) is 12.1 Å². The van der Waals surface area contributed by atoms with E-state index in [2.05, 4.69) is 10.3 Å². The van der Waals surface area contributed by atoms with E-state index >= 15 is 0 Å². The van der Waals surface area contributed by atoms with Crippen LogP contribution in [0.3, 0.4) is 0 Å². The molecule has 1 aromatic carbocycles. The van der Waals surface area contributed by atoms with Crippen LogP contribution in [0.25, 0.3) is 16.9 Å². The van der Waals surface area contributed by atoms with Gasteiger partial charge in [0.15, 0.2) is 0 Å². The van der Waals surface area contributed by atoms with Crippen molar-refractivity contribution >= 4 is 17.2 Å². The molecule has 0 aliphatic carbocycles. The average molecular weight is 347 g/mol. The van der Waals surface area contributed by atoms with Crippen LogP contribution in [0, 0.1) is 13.8 Å². The molecule has 1 amide bonds. The minimum atomic E-state index is -4.53. The van der Waals surface area contributed by atoms with Crippen LogP contribution in [0.2, 0.25) is 0 Å². The summed E-state index contributed by atoms with van der Waals surface area (Å²) in [7, 11) is 0. The smallest absolute Gasteiger partial charge is 0.326 e. The molecule has 4 nitrogen and oxygen atoms in total. The zero-order valence-corrected chi connectivity index (χ0v) is 13.7. The third-order valence-electron chi connectivity index (χ3n) is 3.78. The Bertz CT molecular complexity index is 944. The number of aryl methyl sites for hydroxylation is 2. The van der Waals surface area contributed by atoms with Gasteiger partial charge >= 0.3 is 6.18 Å². The lowest BCUT2D eigenvalue weighted by molar-refractivity contribution is -0.150. The van der Waals surface area contributed by atoms with Crippen LogP contribution in [0.1, 0.15) is 17.5 Å². The van der Waals surface area contributed by atoms with Crippen molar-refractivity contribution in [3.8, 4) is 11.3 Å². The number of alkyl halides is 3. The number of hydrogen-bond acceptors (Lipinski definition) is 2. The molecule has 0 unspecified atom stereocenters. The zero-order valence-electron chi connectivity index (χ0n) is 13.7. The van der Waals surface area contributed by atoms with Crippen LogP contribution in [0.5, 0.6) is 0 Å². The number of amides is 1. The quantitative estimate of drug-likeness (QED) is 0.758. The molecule has 0 aliphatic rings. The number of nitrogens with one attached hydrogen (secondary N) is 1. The van der Waals surface area contributed by atoms with Crippen molar-refractivity contribution in [1.82, 2.24) is 9.38 Å². The third kappa shape index (κ3) is 3.99. The minimum absolute atomic E-state index is 0.347. The van der Waals surface area contributed by atoms with E-state index in [9.17, 15) is 18.0 Å². The zero-order chi connectivity index (χ0) is 18.2. The number of aromatic nitrogens is 2. The summed E-state index contributed by atoms with van der Waals surface area (Å²) in [5.41, 5.74) is 4.27. The first kappa shape index (κ1) is 17.0. The summed E-state index contributed by atoms with van der Waals surface area (Å²) in [6.07, 6.45) is -2.32. The van der Waals surface area contributed by atoms with Gasteiger partial charge in [-0.1, -0.05) is 12.1 Å². The SMILES string of the molecule is Cc1ccn2cc(-c3ccc(C)c(NC(=O)CC(F)(F)F)c3)nc2c1. The van der Waals surface area contributed by atoms with E-state index in [-0.39, 0.29) is 0 Å². The maximum absolute atomic E-state index is 12.3. The number of nitrogens with zero attached hydrogens (tertiary/aromatic N) is 2. The number of carbonyl (C=O) groups is 1. The number of rotatable bonds is 3. The number of carbonyl (C=O) groups excluding carboxylic acids is 1. The molecule has 3 aromatic rings. The van der Waals surface area contributed by atoms with Crippen molar-refractivity contribution in [3.05, 3.63) is 53.9 Å². The average Bonchev–Trinajstić information content (AvgIpc) is 2.90. The fourth-order valence-electron chi connectivity index (χ4n) is 2.52. The van der Waals surface area contributed by atoms with Gasteiger partial charge in [-0.15, -0.1) is 0 Å². The standard InChI is InChI=1S/C18H16F3N3O/c1-11-5-6-24-10-15(22-16(24)7-11)13-4-3-12(2)14(8-13)23-17(25)9-18(19,20)21/h3-8,10H,9H2,1-2H3,(H,23,25). The Balaban J connectivity index is 1.91. The molecule has 0 saturated carbocycles. The Morgan fingerprint density at radius 3 is 2.68 bits per heavy atom. The fourth-order valence-corrected chi connectivity index (χ4v) is 2.52. The van der Waals surface area contributed by atoms with Gasteiger partial charge in [0.2, 0.25) is 5.91 Å². The fraction of sp³-hybridized carbons (Fsp3) is 0.222.